The van der Waals surface area contributed by atoms with Gasteiger partial charge in [0.2, 0.25) is 0 Å². The lowest BCUT2D eigenvalue weighted by Crippen LogP contribution is -2.27. The number of rotatable bonds is 9. The smallest absolute Gasteiger partial charge is 0.160 e. The summed E-state index contributed by atoms with van der Waals surface area (Å²) in [5.41, 5.74) is 0.481. The Morgan fingerprint density at radius 3 is 1.04 bits per heavy atom. The highest BCUT2D eigenvalue weighted by Gasteiger charge is 2.23. The minimum absolute atomic E-state index is 0.0648. The molecule has 9 saturated heterocycles. The molecule has 7 unspecified atom stereocenters. The van der Waals surface area contributed by atoms with Gasteiger partial charge < -0.3 is 48.5 Å². The Labute approximate surface area is 590 Å². The lowest BCUT2D eigenvalue weighted by molar-refractivity contribution is -0.0732. The van der Waals surface area contributed by atoms with E-state index in [1.54, 1.807) is 0 Å². The molecule has 0 spiro atoms. The maximum atomic E-state index is 5.38. The van der Waals surface area contributed by atoms with Gasteiger partial charge in [0.05, 0.1) is 56.4 Å². The second-order valence-corrected chi connectivity index (χ2v) is 29.4. The van der Waals surface area contributed by atoms with Crippen molar-refractivity contribution in [3.05, 3.63) is 0 Å². The molecule has 9 fully saturated rings. The van der Waals surface area contributed by atoms with Crippen LogP contribution in [-0.2, 0) is 37.9 Å². The van der Waals surface area contributed by atoms with E-state index in [4.69, 9.17) is 37.9 Å². The highest BCUT2D eigenvalue weighted by molar-refractivity contribution is 8.20. The largest absolute Gasteiger partial charge is 0.366 e. The summed E-state index contributed by atoms with van der Waals surface area (Å²) in [6, 6.07) is 0.815. The highest BCUT2D eigenvalue weighted by atomic mass is 32.2. The van der Waals surface area contributed by atoms with Crippen LogP contribution in [0.25, 0.3) is 0 Å². The predicted octanol–water partition coefficient (Wildman–Crippen LogP) is 22.1. The summed E-state index contributed by atoms with van der Waals surface area (Å²) in [4.78, 5) is 0. The number of nitrogens with one attached hydrogen (secondary N) is 3. The van der Waals surface area contributed by atoms with Crippen molar-refractivity contribution in [1.82, 2.24) is 16.0 Å². The molecular formula is C74H169N3O8S5. The number of hydrogen-bond acceptors (Lipinski definition) is 16. The molecule has 0 aromatic rings. The van der Waals surface area contributed by atoms with E-state index in [-0.39, 0.29) is 6.29 Å². The average Bonchev–Trinajstić information content (AvgIpc) is 4.50. The van der Waals surface area contributed by atoms with E-state index in [1.807, 2.05) is 136 Å². The van der Waals surface area contributed by atoms with Gasteiger partial charge in [-0.1, -0.05) is 249 Å². The lowest BCUT2D eigenvalue weighted by Gasteiger charge is -2.12. The van der Waals surface area contributed by atoms with Crippen LogP contribution in [0.5, 0.6) is 0 Å². The van der Waals surface area contributed by atoms with Crippen molar-refractivity contribution < 1.29 is 37.9 Å². The van der Waals surface area contributed by atoms with Gasteiger partial charge in [0.25, 0.3) is 0 Å². The van der Waals surface area contributed by atoms with Gasteiger partial charge in [0, 0.05) is 51.9 Å². The summed E-state index contributed by atoms with van der Waals surface area (Å²) in [5.74, 6) is 12.7. The zero-order valence-corrected chi connectivity index (χ0v) is 71.4. The van der Waals surface area contributed by atoms with Crippen LogP contribution >= 0.6 is 58.8 Å². The second-order valence-electron chi connectivity index (χ2n) is 22.8. The van der Waals surface area contributed by atoms with Crippen molar-refractivity contribution in [2.75, 3.05) is 108 Å². The van der Waals surface area contributed by atoms with Crippen LogP contribution in [0.2, 0.25) is 0 Å². The minimum atomic E-state index is 0.0648. The first-order chi connectivity index (χ1) is 43.2. The van der Waals surface area contributed by atoms with E-state index in [9.17, 15) is 0 Å². The summed E-state index contributed by atoms with van der Waals surface area (Å²) in [7, 11) is 0. The Morgan fingerprint density at radius 2 is 0.867 bits per heavy atom. The lowest BCUT2D eigenvalue weighted by atomic mass is 9.96. The van der Waals surface area contributed by atoms with E-state index >= 15 is 0 Å². The molecule has 7 atom stereocenters. The molecule has 0 amide bonds. The molecule has 16 heteroatoms. The second kappa shape index (κ2) is 86.4. The van der Waals surface area contributed by atoms with Crippen LogP contribution in [0, 0.1) is 59.2 Å². The Kier molecular flexibility index (Phi) is 106. The third kappa shape index (κ3) is 69.2. The average molecular weight is 1390 g/mol. The SMILES string of the molecule is CC.CC.CC.CC.CC.CC.CC.CC.CC.CC(C)C1CCCN1.CC(C)C1CCNC1.CC(C)C1COCO1.CC(C)C1COCO1.CC(C)C1CSCS1.CC(C)C1NCCO1.CC(C)C1OCCO1.CC(C)C1OCCS1.CC(C)C1SCCS1. The van der Waals surface area contributed by atoms with Gasteiger partial charge in [-0.15, -0.1) is 58.8 Å². The Morgan fingerprint density at radius 1 is 0.378 bits per heavy atom. The van der Waals surface area contributed by atoms with Crippen molar-refractivity contribution in [3.8, 4) is 0 Å². The van der Waals surface area contributed by atoms with E-state index in [1.165, 1.54) is 67.0 Å². The first-order valence-electron chi connectivity index (χ1n) is 37.3. The van der Waals surface area contributed by atoms with Crippen LogP contribution in [0.1, 0.15) is 269 Å². The third-order valence-corrected chi connectivity index (χ3v) is 21.3. The fourth-order valence-electron chi connectivity index (χ4n) is 7.88. The molecule has 3 N–H and O–H groups in total. The van der Waals surface area contributed by atoms with Crippen LogP contribution in [0.3, 0.4) is 0 Å². The van der Waals surface area contributed by atoms with Crippen molar-refractivity contribution in [3.63, 3.8) is 0 Å². The molecule has 558 valence electrons. The standard InChI is InChI=1S/2C7H15N.C6H13NO.3C6H12O2.C6H12OS.2C6H12S2.9C2H6/c1-6(2)7-3-4-8-5-7;1-6(2)7-4-3-5-8-7;1-5(2)6-7-3-4-8-6;2*1-5(2)6-3-7-4-8-6;2*1-5(2)6-7-3-4-8-6;1-5(2)6-3-7-4-8-6;1-5(2)6-7-3-4-8-6;9*1-2/h2*6-8H,3-5H2,1-2H3;5-7H,3-4H2,1-2H3;6*5-6H,3-4H2,1-2H3;9*1-2H3. The zero-order chi connectivity index (χ0) is 71.8. The fraction of sp³-hybridized carbons (Fsp3) is 1.00. The van der Waals surface area contributed by atoms with Gasteiger partial charge in [-0.2, -0.15) is 0 Å². The predicted molar refractivity (Wildman–Crippen MR) is 422 cm³/mol. The van der Waals surface area contributed by atoms with Crippen molar-refractivity contribution in [2.24, 2.45) is 59.2 Å². The normalized spacial score (nSPS) is 23.1. The molecule has 11 nitrogen and oxygen atoms in total. The number of ether oxygens (including phenoxy) is 8. The number of thioether (sulfide) groups is 5. The maximum Gasteiger partial charge on any atom is 0.160 e. The summed E-state index contributed by atoms with van der Waals surface area (Å²) in [6.45, 7) is 86.5. The zero-order valence-electron chi connectivity index (χ0n) is 67.3. The van der Waals surface area contributed by atoms with Crippen molar-refractivity contribution >= 4 is 58.8 Å². The van der Waals surface area contributed by atoms with Crippen molar-refractivity contribution in [1.29, 1.82) is 0 Å². The van der Waals surface area contributed by atoms with Gasteiger partial charge in [0.1, 0.15) is 25.2 Å². The van der Waals surface area contributed by atoms with E-state index in [0.29, 0.717) is 67.0 Å². The molecule has 0 aliphatic carbocycles. The monoisotopic (exact) mass is 1390 g/mol. The molecule has 0 radical (unpaired) electrons. The molecular weight excluding hydrogens is 1220 g/mol. The van der Waals surface area contributed by atoms with Gasteiger partial charge >= 0.3 is 0 Å². The van der Waals surface area contributed by atoms with Crippen LogP contribution in [0.15, 0.2) is 0 Å². The molecule has 9 aliphatic rings. The molecule has 9 rings (SSSR count). The first kappa shape index (κ1) is 110. The summed E-state index contributed by atoms with van der Waals surface area (Å²) < 4.78 is 42.3. The highest BCUT2D eigenvalue weighted by Crippen LogP contribution is 2.37. The van der Waals surface area contributed by atoms with Crippen molar-refractivity contribution in [2.45, 2.75) is 315 Å². The third-order valence-electron chi connectivity index (χ3n) is 13.0. The number of hydrogen-bond donors (Lipinski definition) is 3. The van der Waals surface area contributed by atoms with E-state index in [0.717, 1.165) is 91.6 Å². The van der Waals surface area contributed by atoms with E-state index < -0.39 is 0 Å². The fourth-order valence-corrected chi connectivity index (χ4v) is 15.0. The maximum absolute atomic E-state index is 5.38. The molecule has 0 aromatic heterocycles. The molecule has 0 bridgehead atoms. The molecule has 90 heavy (non-hydrogen) atoms. The minimum Gasteiger partial charge on any atom is -0.366 e. The van der Waals surface area contributed by atoms with Gasteiger partial charge in [-0.25, -0.2) is 0 Å². The van der Waals surface area contributed by atoms with Crippen LogP contribution < -0.4 is 16.0 Å². The topological polar surface area (TPSA) is 110 Å². The van der Waals surface area contributed by atoms with Gasteiger partial charge in [-0.3, -0.25) is 5.32 Å². The van der Waals surface area contributed by atoms with Gasteiger partial charge in [-0.05, 0) is 92.2 Å². The summed E-state index contributed by atoms with van der Waals surface area (Å²) >= 11 is 10.3. The Hall–Kier alpha value is 1.31. The van der Waals surface area contributed by atoms with Gasteiger partial charge in [0.15, 0.2) is 6.29 Å². The Balaban J connectivity index is -0.000000113. The molecule has 0 aromatic carbocycles. The molecule has 9 heterocycles. The quantitative estimate of drug-likeness (QED) is 0.204. The molecule has 9 aliphatic heterocycles. The Bertz CT molecular complexity index is 896. The van der Waals surface area contributed by atoms with Crippen LogP contribution in [0.4, 0.5) is 0 Å². The summed E-state index contributed by atoms with van der Waals surface area (Å²) in [6.07, 6.45) is 5.22. The summed E-state index contributed by atoms with van der Waals surface area (Å²) in [5, 5.41) is 12.3. The molecule has 0 saturated carbocycles. The first-order valence-corrected chi connectivity index (χ1v) is 42.7. The van der Waals surface area contributed by atoms with Crippen LogP contribution in [-0.4, -0.2) is 154 Å². The van der Waals surface area contributed by atoms with E-state index in [2.05, 4.69) is 188 Å².